The van der Waals surface area contributed by atoms with Crippen molar-refractivity contribution in [2.75, 3.05) is 12.3 Å². The normalized spacial score (nSPS) is 9.92. The molecule has 1 rings (SSSR count). The van der Waals surface area contributed by atoms with Crippen LogP contribution in [0.2, 0.25) is 0 Å². The Kier molecular flexibility index (Phi) is 3.46. The molecule has 70 valence electrons. The summed E-state index contributed by atoms with van der Waals surface area (Å²) in [5.74, 6) is 0.0143. The Bertz CT molecular complexity index is 297. The van der Waals surface area contributed by atoms with Crippen LogP contribution in [0.25, 0.3) is 0 Å². The number of Topliss-reactive ketones (excluding diaryl/α,β-unsaturated/α-hetero) is 1. The zero-order valence-electron chi connectivity index (χ0n) is 7.36. The lowest BCUT2D eigenvalue weighted by Gasteiger charge is -2.02. The quantitative estimate of drug-likeness (QED) is 0.671. The maximum Gasteiger partial charge on any atom is 0.139 e. The molecular formula is C10H13NO2. The first kappa shape index (κ1) is 9.74. The highest BCUT2D eigenvalue weighted by Gasteiger charge is 2.04. The van der Waals surface area contributed by atoms with Crippen LogP contribution in [-0.4, -0.2) is 17.5 Å². The van der Waals surface area contributed by atoms with Crippen molar-refractivity contribution >= 4 is 11.5 Å². The van der Waals surface area contributed by atoms with Crippen LogP contribution in [0.3, 0.4) is 0 Å². The highest BCUT2D eigenvalue weighted by atomic mass is 16.3. The van der Waals surface area contributed by atoms with Gasteiger partial charge in [0.05, 0.1) is 0 Å². The van der Waals surface area contributed by atoms with Gasteiger partial charge in [0.15, 0.2) is 0 Å². The van der Waals surface area contributed by atoms with Crippen LogP contribution >= 0.6 is 0 Å². The summed E-state index contributed by atoms with van der Waals surface area (Å²) in [6.45, 7) is -0.0917. The van der Waals surface area contributed by atoms with Crippen molar-refractivity contribution in [1.82, 2.24) is 0 Å². The van der Waals surface area contributed by atoms with Crippen LogP contribution < -0.4 is 5.73 Å². The third-order valence-electron chi connectivity index (χ3n) is 1.83. The smallest absolute Gasteiger partial charge is 0.139 e. The second kappa shape index (κ2) is 4.62. The molecule has 3 heteroatoms. The highest BCUT2D eigenvalue weighted by Crippen LogP contribution is 2.11. The van der Waals surface area contributed by atoms with Crippen molar-refractivity contribution in [3.63, 3.8) is 0 Å². The number of benzene rings is 1. The van der Waals surface area contributed by atoms with Gasteiger partial charge in [0.1, 0.15) is 5.78 Å². The van der Waals surface area contributed by atoms with Gasteiger partial charge in [-0.15, -0.1) is 0 Å². The van der Waals surface area contributed by atoms with Crippen molar-refractivity contribution in [3.05, 3.63) is 29.8 Å². The molecule has 0 aliphatic carbocycles. The van der Waals surface area contributed by atoms with Gasteiger partial charge in [0, 0.05) is 25.1 Å². The van der Waals surface area contributed by atoms with E-state index in [-0.39, 0.29) is 18.8 Å². The second-order valence-electron chi connectivity index (χ2n) is 2.89. The van der Waals surface area contributed by atoms with Crippen molar-refractivity contribution in [3.8, 4) is 0 Å². The number of nitrogen functional groups attached to an aromatic ring is 1. The van der Waals surface area contributed by atoms with Crippen LogP contribution in [0.1, 0.15) is 12.0 Å². The summed E-state index contributed by atoms with van der Waals surface area (Å²) in [7, 11) is 0. The van der Waals surface area contributed by atoms with E-state index in [1.54, 1.807) is 6.07 Å². The first-order valence-corrected chi connectivity index (χ1v) is 4.20. The lowest BCUT2D eigenvalue weighted by Crippen LogP contribution is -2.06. The Morgan fingerprint density at radius 3 is 2.69 bits per heavy atom. The number of aliphatic hydroxyl groups excluding tert-OH is 1. The summed E-state index contributed by atoms with van der Waals surface area (Å²) in [5.41, 5.74) is 7.12. The van der Waals surface area contributed by atoms with Gasteiger partial charge in [-0.3, -0.25) is 4.79 Å². The summed E-state index contributed by atoms with van der Waals surface area (Å²) in [5, 5.41) is 8.53. The molecule has 0 heterocycles. The molecule has 0 saturated carbocycles. The van der Waals surface area contributed by atoms with E-state index in [0.717, 1.165) is 5.56 Å². The zero-order chi connectivity index (χ0) is 9.68. The van der Waals surface area contributed by atoms with Crippen LogP contribution in [0.4, 0.5) is 5.69 Å². The van der Waals surface area contributed by atoms with E-state index >= 15 is 0 Å². The number of carbonyl (C=O) groups excluding carboxylic acids is 1. The monoisotopic (exact) mass is 179 g/mol. The van der Waals surface area contributed by atoms with Crippen molar-refractivity contribution in [2.45, 2.75) is 12.8 Å². The van der Waals surface area contributed by atoms with Gasteiger partial charge < -0.3 is 10.8 Å². The molecule has 0 spiro atoms. The Hall–Kier alpha value is -1.35. The van der Waals surface area contributed by atoms with Crippen LogP contribution in [-0.2, 0) is 11.2 Å². The number of ketones is 1. The van der Waals surface area contributed by atoms with Crippen molar-refractivity contribution in [1.29, 1.82) is 0 Å². The molecule has 1 aromatic carbocycles. The number of hydrogen-bond donors (Lipinski definition) is 2. The van der Waals surface area contributed by atoms with Crippen molar-refractivity contribution in [2.24, 2.45) is 0 Å². The predicted octanol–water partition coefficient (Wildman–Crippen LogP) is 0.763. The minimum absolute atomic E-state index is 0.0143. The lowest BCUT2D eigenvalue weighted by atomic mass is 10.1. The summed E-state index contributed by atoms with van der Waals surface area (Å²) in [6.07, 6.45) is 0.515. The molecule has 1 aromatic rings. The Morgan fingerprint density at radius 2 is 2.08 bits per heavy atom. The average Bonchev–Trinajstić information content (AvgIpc) is 2.09. The van der Waals surface area contributed by atoms with Gasteiger partial charge in [-0.2, -0.15) is 0 Å². The number of para-hydroxylation sites is 1. The van der Waals surface area contributed by atoms with Gasteiger partial charge in [0.25, 0.3) is 0 Å². The molecule has 0 bridgehead atoms. The number of nitrogens with two attached hydrogens (primary N) is 1. The molecule has 0 unspecified atom stereocenters. The maximum atomic E-state index is 11.1. The summed E-state index contributed by atoms with van der Waals surface area (Å²) >= 11 is 0. The van der Waals surface area contributed by atoms with Crippen LogP contribution in [0.5, 0.6) is 0 Å². The fourth-order valence-corrected chi connectivity index (χ4v) is 1.12. The topological polar surface area (TPSA) is 63.3 Å². The fourth-order valence-electron chi connectivity index (χ4n) is 1.12. The molecule has 0 aromatic heterocycles. The minimum atomic E-state index is -0.0917. The molecule has 0 amide bonds. The van der Waals surface area contributed by atoms with E-state index in [1.807, 2.05) is 18.2 Å². The highest BCUT2D eigenvalue weighted by molar-refractivity contribution is 5.82. The predicted molar refractivity (Wildman–Crippen MR) is 51.3 cm³/mol. The third-order valence-corrected chi connectivity index (χ3v) is 1.83. The summed E-state index contributed by atoms with van der Waals surface area (Å²) in [4.78, 5) is 11.1. The van der Waals surface area contributed by atoms with E-state index in [2.05, 4.69) is 0 Å². The molecule has 0 aliphatic rings. The number of anilines is 1. The van der Waals surface area contributed by atoms with Crippen LogP contribution in [0, 0.1) is 0 Å². The first-order valence-electron chi connectivity index (χ1n) is 4.20. The van der Waals surface area contributed by atoms with E-state index in [0.29, 0.717) is 12.1 Å². The Morgan fingerprint density at radius 1 is 1.38 bits per heavy atom. The van der Waals surface area contributed by atoms with Crippen molar-refractivity contribution < 1.29 is 9.90 Å². The minimum Gasteiger partial charge on any atom is -0.398 e. The summed E-state index contributed by atoms with van der Waals surface area (Å²) in [6, 6.07) is 7.26. The van der Waals surface area contributed by atoms with E-state index < -0.39 is 0 Å². The fraction of sp³-hybridized carbons (Fsp3) is 0.300. The summed E-state index contributed by atoms with van der Waals surface area (Å²) < 4.78 is 0. The average molecular weight is 179 g/mol. The van der Waals surface area contributed by atoms with Gasteiger partial charge >= 0.3 is 0 Å². The molecule has 3 nitrogen and oxygen atoms in total. The van der Waals surface area contributed by atoms with E-state index in [9.17, 15) is 4.79 Å². The largest absolute Gasteiger partial charge is 0.398 e. The molecule has 0 saturated heterocycles. The van der Waals surface area contributed by atoms with Gasteiger partial charge in [-0.25, -0.2) is 0 Å². The SMILES string of the molecule is Nc1ccccc1CC(=O)CCO. The number of rotatable bonds is 4. The molecule has 0 fully saturated rings. The van der Waals surface area contributed by atoms with Crippen LogP contribution in [0.15, 0.2) is 24.3 Å². The standard InChI is InChI=1S/C10H13NO2/c11-10-4-2-1-3-8(10)7-9(13)5-6-12/h1-4,12H,5-7,11H2. The third kappa shape index (κ3) is 2.87. The number of aliphatic hydroxyl groups is 1. The lowest BCUT2D eigenvalue weighted by molar-refractivity contribution is -0.119. The molecule has 0 aliphatic heterocycles. The zero-order valence-corrected chi connectivity index (χ0v) is 7.36. The number of carbonyl (C=O) groups is 1. The molecule has 0 atom stereocenters. The van der Waals surface area contributed by atoms with E-state index in [1.165, 1.54) is 0 Å². The Labute approximate surface area is 77.2 Å². The Balaban J connectivity index is 2.63. The van der Waals surface area contributed by atoms with E-state index in [4.69, 9.17) is 10.8 Å². The molecule has 13 heavy (non-hydrogen) atoms. The molecule has 3 N–H and O–H groups in total. The first-order chi connectivity index (χ1) is 6.24. The van der Waals surface area contributed by atoms with Gasteiger partial charge in [-0.1, -0.05) is 18.2 Å². The second-order valence-corrected chi connectivity index (χ2v) is 2.89. The maximum absolute atomic E-state index is 11.1. The van der Waals surface area contributed by atoms with Gasteiger partial charge in [-0.05, 0) is 11.6 Å². The van der Waals surface area contributed by atoms with Gasteiger partial charge in [0.2, 0.25) is 0 Å². The molecular weight excluding hydrogens is 166 g/mol. The number of hydrogen-bond acceptors (Lipinski definition) is 3. The molecule has 0 radical (unpaired) electrons.